The topological polar surface area (TPSA) is 55.8 Å². The molecule has 0 aliphatic heterocycles. The predicted molar refractivity (Wildman–Crippen MR) is 80.1 cm³/mol. The predicted octanol–water partition coefficient (Wildman–Crippen LogP) is 3.11. The molecule has 0 amide bonds. The molecule has 2 rings (SSSR count). The van der Waals surface area contributed by atoms with E-state index in [-0.39, 0.29) is 0 Å². The van der Waals surface area contributed by atoms with Crippen LogP contribution in [0.3, 0.4) is 0 Å². The van der Waals surface area contributed by atoms with E-state index >= 15 is 0 Å². The highest BCUT2D eigenvalue weighted by atomic mass is 16.5. The number of carbonyl (C=O) groups is 1. The molecule has 4 nitrogen and oxygen atoms in total. The molecule has 0 radical (unpaired) electrons. The van der Waals surface area contributed by atoms with Gasteiger partial charge in [-0.25, -0.2) is 0 Å². The van der Waals surface area contributed by atoms with Gasteiger partial charge in [0.15, 0.2) is 0 Å². The first-order chi connectivity index (χ1) is 10.2. The van der Waals surface area contributed by atoms with Gasteiger partial charge in [-0.1, -0.05) is 36.4 Å². The Morgan fingerprint density at radius 3 is 2.05 bits per heavy atom. The number of carboxylic acids is 1. The normalized spacial score (nSPS) is 11.7. The monoisotopic (exact) mass is 286 g/mol. The van der Waals surface area contributed by atoms with Crippen LogP contribution in [-0.4, -0.2) is 25.3 Å². The Kier molecular flexibility index (Phi) is 4.82. The summed E-state index contributed by atoms with van der Waals surface area (Å²) in [5.41, 5.74) is 1.52. The van der Waals surface area contributed by atoms with Crippen LogP contribution in [0.2, 0.25) is 0 Å². The summed E-state index contributed by atoms with van der Waals surface area (Å²) in [5, 5.41) is 9.53. The average Bonchev–Trinajstić information content (AvgIpc) is 2.52. The van der Waals surface area contributed by atoms with Gasteiger partial charge in [-0.05, 0) is 24.1 Å². The van der Waals surface area contributed by atoms with E-state index in [0.29, 0.717) is 17.9 Å². The highest BCUT2D eigenvalue weighted by Crippen LogP contribution is 2.33. The maximum atomic E-state index is 11.6. The Balaban J connectivity index is 2.40. The fourth-order valence-corrected chi connectivity index (χ4v) is 2.37. The van der Waals surface area contributed by atoms with Gasteiger partial charge in [0.05, 0.1) is 20.1 Å². The smallest absolute Gasteiger partial charge is 0.311 e. The van der Waals surface area contributed by atoms with Crippen LogP contribution in [-0.2, 0) is 11.2 Å². The van der Waals surface area contributed by atoms with E-state index < -0.39 is 11.9 Å². The average molecular weight is 286 g/mol. The molecule has 0 saturated carbocycles. The lowest BCUT2D eigenvalue weighted by Crippen LogP contribution is -2.15. The van der Waals surface area contributed by atoms with E-state index in [4.69, 9.17) is 9.47 Å². The summed E-state index contributed by atoms with van der Waals surface area (Å²) in [5.74, 6) is -0.237. The zero-order chi connectivity index (χ0) is 15.2. The van der Waals surface area contributed by atoms with Crippen molar-refractivity contribution >= 4 is 5.97 Å². The first-order valence-corrected chi connectivity index (χ1v) is 6.65. The van der Waals surface area contributed by atoms with E-state index in [1.165, 1.54) is 0 Å². The maximum Gasteiger partial charge on any atom is 0.311 e. The zero-order valence-corrected chi connectivity index (χ0v) is 12.1. The molecule has 4 heteroatoms. The molecular formula is C17H18O4. The van der Waals surface area contributed by atoms with Crippen molar-refractivity contribution in [2.24, 2.45) is 0 Å². The van der Waals surface area contributed by atoms with Crippen molar-refractivity contribution < 1.29 is 19.4 Å². The lowest BCUT2D eigenvalue weighted by atomic mass is 9.91. The molecule has 0 aliphatic carbocycles. The Hall–Kier alpha value is -2.49. The van der Waals surface area contributed by atoms with Gasteiger partial charge in [-0.15, -0.1) is 0 Å². The minimum atomic E-state index is -0.867. The van der Waals surface area contributed by atoms with Gasteiger partial charge < -0.3 is 14.6 Å². The molecule has 0 heterocycles. The third-order valence-corrected chi connectivity index (χ3v) is 3.44. The summed E-state index contributed by atoms with van der Waals surface area (Å²) in [7, 11) is 3.13. The number of hydrogen-bond acceptors (Lipinski definition) is 3. The van der Waals surface area contributed by atoms with Crippen LogP contribution in [0.15, 0.2) is 48.5 Å². The highest BCUT2D eigenvalue weighted by Gasteiger charge is 2.23. The number of ether oxygens (including phenoxy) is 2. The molecule has 0 spiro atoms. The summed E-state index contributed by atoms with van der Waals surface area (Å²) in [4.78, 5) is 11.6. The molecule has 1 unspecified atom stereocenters. The quantitative estimate of drug-likeness (QED) is 0.886. The van der Waals surface area contributed by atoms with Gasteiger partial charge in [0.2, 0.25) is 0 Å². The molecule has 2 aromatic rings. The molecule has 0 fully saturated rings. The molecule has 2 aromatic carbocycles. The Morgan fingerprint density at radius 1 is 1.00 bits per heavy atom. The number of carboxylic acid groups (broad SMARTS) is 1. The van der Waals surface area contributed by atoms with Crippen molar-refractivity contribution in [2.45, 2.75) is 12.3 Å². The lowest BCUT2D eigenvalue weighted by molar-refractivity contribution is -0.138. The summed E-state index contributed by atoms with van der Waals surface area (Å²) in [6.45, 7) is 0. The van der Waals surface area contributed by atoms with Crippen molar-refractivity contribution in [2.75, 3.05) is 14.2 Å². The van der Waals surface area contributed by atoms with Crippen LogP contribution in [0.5, 0.6) is 11.5 Å². The third-order valence-electron chi connectivity index (χ3n) is 3.44. The molecule has 0 saturated heterocycles. The second-order valence-corrected chi connectivity index (χ2v) is 4.65. The van der Waals surface area contributed by atoms with Crippen molar-refractivity contribution in [3.8, 4) is 11.5 Å². The van der Waals surface area contributed by atoms with Crippen LogP contribution in [0.1, 0.15) is 17.0 Å². The fourth-order valence-electron chi connectivity index (χ4n) is 2.37. The number of hydrogen-bond donors (Lipinski definition) is 1. The molecule has 0 aromatic heterocycles. The summed E-state index contributed by atoms with van der Waals surface area (Å²) < 4.78 is 10.7. The molecule has 21 heavy (non-hydrogen) atoms. The van der Waals surface area contributed by atoms with Gasteiger partial charge in [0, 0.05) is 5.56 Å². The zero-order valence-electron chi connectivity index (χ0n) is 12.1. The Labute approximate surface area is 123 Å². The van der Waals surface area contributed by atoms with Crippen LogP contribution < -0.4 is 9.47 Å². The SMILES string of the molecule is COc1cccc(OC)c1CC(C(=O)O)c1ccccc1. The van der Waals surface area contributed by atoms with Crippen LogP contribution in [0, 0.1) is 0 Å². The van der Waals surface area contributed by atoms with Crippen LogP contribution in [0.4, 0.5) is 0 Å². The van der Waals surface area contributed by atoms with E-state index in [2.05, 4.69) is 0 Å². The second-order valence-electron chi connectivity index (χ2n) is 4.65. The van der Waals surface area contributed by atoms with Gasteiger partial charge in [0.1, 0.15) is 11.5 Å². The maximum absolute atomic E-state index is 11.6. The van der Waals surface area contributed by atoms with Crippen molar-refractivity contribution in [3.05, 3.63) is 59.7 Å². The Bertz CT molecular complexity index is 585. The first kappa shape index (κ1) is 14.9. The molecule has 110 valence electrons. The van der Waals surface area contributed by atoms with Gasteiger partial charge in [-0.2, -0.15) is 0 Å². The minimum Gasteiger partial charge on any atom is -0.496 e. The number of benzene rings is 2. The highest BCUT2D eigenvalue weighted by molar-refractivity contribution is 5.77. The third kappa shape index (κ3) is 3.34. The Morgan fingerprint density at radius 2 is 1.57 bits per heavy atom. The number of rotatable bonds is 6. The molecule has 0 aliphatic rings. The lowest BCUT2D eigenvalue weighted by Gasteiger charge is -2.17. The van der Waals surface area contributed by atoms with Gasteiger partial charge >= 0.3 is 5.97 Å². The first-order valence-electron chi connectivity index (χ1n) is 6.65. The number of aliphatic carboxylic acids is 1. The van der Waals surface area contributed by atoms with E-state index in [0.717, 1.165) is 11.1 Å². The van der Waals surface area contributed by atoms with Crippen molar-refractivity contribution in [1.29, 1.82) is 0 Å². The summed E-state index contributed by atoms with van der Waals surface area (Å²) in [6.07, 6.45) is 0.312. The minimum absolute atomic E-state index is 0.312. The standard InChI is InChI=1S/C17H18O4/c1-20-15-9-6-10-16(21-2)14(15)11-13(17(18)19)12-7-4-3-5-8-12/h3-10,13H,11H2,1-2H3,(H,18,19). The van der Waals surface area contributed by atoms with Crippen molar-refractivity contribution in [3.63, 3.8) is 0 Å². The molecule has 1 atom stereocenters. The van der Waals surface area contributed by atoms with Crippen LogP contribution in [0.25, 0.3) is 0 Å². The summed E-state index contributed by atoms with van der Waals surface area (Å²) >= 11 is 0. The fraction of sp³-hybridized carbons (Fsp3) is 0.235. The molecule has 0 bridgehead atoms. The van der Waals surface area contributed by atoms with E-state index in [9.17, 15) is 9.90 Å². The molecule has 1 N–H and O–H groups in total. The number of methoxy groups -OCH3 is 2. The van der Waals surface area contributed by atoms with Crippen LogP contribution >= 0.6 is 0 Å². The van der Waals surface area contributed by atoms with E-state index in [1.807, 2.05) is 48.5 Å². The summed E-state index contributed by atoms with van der Waals surface area (Å²) in [6, 6.07) is 14.6. The molecular weight excluding hydrogens is 268 g/mol. The largest absolute Gasteiger partial charge is 0.496 e. The van der Waals surface area contributed by atoms with Gasteiger partial charge in [0.25, 0.3) is 0 Å². The van der Waals surface area contributed by atoms with Crippen molar-refractivity contribution in [1.82, 2.24) is 0 Å². The van der Waals surface area contributed by atoms with E-state index in [1.54, 1.807) is 14.2 Å². The second kappa shape index (κ2) is 6.79. The van der Waals surface area contributed by atoms with Gasteiger partial charge in [-0.3, -0.25) is 4.79 Å².